The number of benzene rings is 1. The van der Waals surface area contributed by atoms with Crippen LogP contribution in [-0.2, 0) is 12.0 Å². The second-order valence-electron chi connectivity index (χ2n) is 8.00. The first kappa shape index (κ1) is 18.5. The molecule has 1 saturated heterocycles. The Hall–Kier alpha value is -2.25. The van der Waals surface area contributed by atoms with E-state index < -0.39 is 0 Å². The van der Waals surface area contributed by atoms with Crippen LogP contribution in [0.25, 0.3) is 0 Å². The van der Waals surface area contributed by atoms with E-state index in [4.69, 9.17) is 0 Å². The number of nitrogens with one attached hydrogen (secondary N) is 2. The Morgan fingerprint density at radius 3 is 2.31 bits per heavy atom. The number of likely N-dealkylation sites (N-methyl/N-ethyl adjacent to an activating group) is 1. The van der Waals surface area contributed by atoms with Crippen molar-refractivity contribution < 1.29 is 0 Å². The summed E-state index contributed by atoms with van der Waals surface area (Å²) in [4.78, 5) is 19.8. The summed E-state index contributed by atoms with van der Waals surface area (Å²) in [6, 6.07) is 8.22. The molecule has 2 aromatic rings. The monoisotopic (exact) mass is 356 g/mol. The van der Waals surface area contributed by atoms with Gasteiger partial charge in [-0.25, -0.2) is 0 Å². The molecule has 0 spiro atoms. The van der Waals surface area contributed by atoms with Gasteiger partial charge in [0.05, 0.1) is 0 Å². The Balaban J connectivity index is 1.62. The van der Waals surface area contributed by atoms with Crippen LogP contribution in [0.5, 0.6) is 0 Å². The zero-order valence-electron chi connectivity index (χ0n) is 16.0. The second-order valence-corrected chi connectivity index (χ2v) is 8.00. The largest absolute Gasteiger partial charge is 0.324 e. The lowest BCUT2D eigenvalue weighted by atomic mass is 9.93. The third-order valence-corrected chi connectivity index (χ3v) is 4.63. The van der Waals surface area contributed by atoms with E-state index in [0.29, 0.717) is 11.6 Å². The normalized spacial score (nSPS) is 16.6. The number of aromatic amines is 1. The lowest BCUT2D eigenvalue weighted by Gasteiger charge is -2.32. The van der Waals surface area contributed by atoms with Gasteiger partial charge in [-0.2, -0.15) is 0 Å². The highest BCUT2D eigenvalue weighted by Crippen LogP contribution is 2.17. The number of nitrogens with zero attached hydrogens (tertiary/aromatic N) is 4. The first-order valence-electron chi connectivity index (χ1n) is 9.05. The van der Waals surface area contributed by atoms with Crippen molar-refractivity contribution in [3.8, 4) is 0 Å². The van der Waals surface area contributed by atoms with Crippen LogP contribution in [0.3, 0.4) is 0 Å². The third-order valence-electron chi connectivity index (χ3n) is 4.63. The molecule has 1 aromatic carbocycles. The fourth-order valence-corrected chi connectivity index (χ4v) is 2.98. The summed E-state index contributed by atoms with van der Waals surface area (Å²) in [6.45, 7) is 11.2. The SMILES string of the molecule is CN1CCN(Cc2ccc(Nc3nnc(C(C)(C)C)c(=O)[nH]3)cc2)CC1. The number of H-pyrrole nitrogens is 1. The number of aromatic nitrogens is 3. The van der Waals surface area contributed by atoms with E-state index in [0.717, 1.165) is 38.4 Å². The molecule has 0 atom stereocenters. The molecule has 0 aliphatic carbocycles. The zero-order chi connectivity index (χ0) is 18.7. The van der Waals surface area contributed by atoms with Gasteiger partial charge in [0.2, 0.25) is 5.95 Å². The van der Waals surface area contributed by atoms with Gasteiger partial charge in [-0.1, -0.05) is 32.9 Å². The smallest absolute Gasteiger partial charge is 0.274 e. The molecular formula is C19H28N6O. The molecule has 7 nitrogen and oxygen atoms in total. The van der Waals surface area contributed by atoms with Crippen LogP contribution < -0.4 is 10.9 Å². The van der Waals surface area contributed by atoms with Crippen molar-refractivity contribution in [3.63, 3.8) is 0 Å². The van der Waals surface area contributed by atoms with E-state index >= 15 is 0 Å². The molecule has 0 saturated carbocycles. The van der Waals surface area contributed by atoms with Gasteiger partial charge < -0.3 is 10.2 Å². The first-order chi connectivity index (χ1) is 12.3. The predicted molar refractivity (Wildman–Crippen MR) is 104 cm³/mol. The fraction of sp³-hybridized carbons (Fsp3) is 0.526. The molecule has 1 aromatic heterocycles. The Morgan fingerprint density at radius 1 is 1.08 bits per heavy atom. The van der Waals surface area contributed by atoms with Crippen LogP contribution in [0.4, 0.5) is 11.6 Å². The molecule has 3 rings (SSSR count). The molecule has 1 aliphatic heterocycles. The van der Waals surface area contributed by atoms with Crippen molar-refractivity contribution in [2.75, 3.05) is 38.5 Å². The summed E-state index contributed by atoms with van der Waals surface area (Å²) in [7, 11) is 2.17. The molecule has 0 radical (unpaired) electrons. The highest BCUT2D eigenvalue weighted by molar-refractivity contribution is 5.53. The topological polar surface area (TPSA) is 77.2 Å². The predicted octanol–water partition coefficient (Wildman–Crippen LogP) is 1.95. The summed E-state index contributed by atoms with van der Waals surface area (Å²) in [5.74, 6) is 0.356. The molecule has 2 N–H and O–H groups in total. The van der Waals surface area contributed by atoms with Gasteiger partial charge in [0.15, 0.2) is 0 Å². The van der Waals surface area contributed by atoms with Crippen LogP contribution in [0.15, 0.2) is 29.1 Å². The minimum atomic E-state index is -0.329. The van der Waals surface area contributed by atoms with E-state index in [1.807, 2.05) is 32.9 Å². The average molecular weight is 356 g/mol. The maximum absolute atomic E-state index is 12.2. The average Bonchev–Trinajstić information content (AvgIpc) is 2.58. The van der Waals surface area contributed by atoms with E-state index in [1.165, 1.54) is 5.56 Å². The molecule has 7 heteroatoms. The van der Waals surface area contributed by atoms with Crippen molar-refractivity contribution in [1.82, 2.24) is 25.0 Å². The van der Waals surface area contributed by atoms with E-state index in [1.54, 1.807) is 0 Å². The molecule has 26 heavy (non-hydrogen) atoms. The molecule has 0 bridgehead atoms. The fourth-order valence-electron chi connectivity index (χ4n) is 2.98. The van der Waals surface area contributed by atoms with E-state index in [-0.39, 0.29) is 11.0 Å². The van der Waals surface area contributed by atoms with E-state index in [2.05, 4.69) is 49.5 Å². The van der Waals surface area contributed by atoms with Crippen molar-refractivity contribution in [1.29, 1.82) is 0 Å². The van der Waals surface area contributed by atoms with Gasteiger partial charge in [0.25, 0.3) is 5.56 Å². The zero-order valence-corrected chi connectivity index (χ0v) is 16.0. The minimum Gasteiger partial charge on any atom is -0.324 e. The second kappa shape index (κ2) is 7.55. The number of hydrogen-bond acceptors (Lipinski definition) is 6. The lowest BCUT2D eigenvalue weighted by Crippen LogP contribution is -2.43. The number of rotatable bonds is 4. The Labute approximate surface area is 154 Å². The summed E-state index contributed by atoms with van der Waals surface area (Å²) in [5.41, 5.74) is 2.06. The van der Waals surface area contributed by atoms with Gasteiger partial charge in [-0.15, -0.1) is 10.2 Å². The third kappa shape index (κ3) is 4.68. The molecular weight excluding hydrogens is 328 g/mol. The van der Waals surface area contributed by atoms with Crippen molar-refractivity contribution in [2.45, 2.75) is 32.7 Å². The molecule has 2 heterocycles. The summed E-state index contributed by atoms with van der Waals surface area (Å²) in [5, 5.41) is 11.3. The highest BCUT2D eigenvalue weighted by Gasteiger charge is 2.20. The van der Waals surface area contributed by atoms with Gasteiger partial charge >= 0.3 is 0 Å². The van der Waals surface area contributed by atoms with Crippen molar-refractivity contribution in [3.05, 3.63) is 45.9 Å². The van der Waals surface area contributed by atoms with Crippen molar-refractivity contribution in [2.24, 2.45) is 0 Å². The van der Waals surface area contributed by atoms with Crippen LogP contribution in [0, 0.1) is 0 Å². The molecule has 140 valence electrons. The van der Waals surface area contributed by atoms with Crippen LogP contribution in [0.2, 0.25) is 0 Å². The standard InChI is InChI=1S/C19H28N6O/c1-19(2,3)16-17(26)21-18(23-22-16)20-15-7-5-14(6-8-15)13-25-11-9-24(4)10-12-25/h5-8H,9-13H2,1-4H3,(H2,20,21,23,26). The molecule has 0 amide bonds. The summed E-state index contributed by atoms with van der Waals surface area (Å²) >= 11 is 0. The number of piperazine rings is 1. The van der Waals surface area contributed by atoms with Gasteiger partial charge in [-0.05, 0) is 24.7 Å². The molecule has 1 fully saturated rings. The Kier molecular flexibility index (Phi) is 5.38. The van der Waals surface area contributed by atoms with Crippen LogP contribution in [0.1, 0.15) is 32.0 Å². The Bertz CT molecular complexity index is 785. The molecule has 0 unspecified atom stereocenters. The lowest BCUT2D eigenvalue weighted by molar-refractivity contribution is 0.148. The molecule has 1 aliphatic rings. The maximum Gasteiger partial charge on any atom is 0.274 e. The number of anilines is 2. The van der Waals surface area contributed by atoms with Crippen molar-refractivity contribution >= 4 is 11.6 Å². The van der Waals surface area contributed by atoms with Gasteiger partial charge in [0, 0.05) is 43.8 Å². The van der Waals surface area contributed by atoms with E-state index in [9.17, 15) is 4.79 Å². The summed E-state index contributed by atoms with van der Waals surface area (Å²) in [6.07, 6.45) is 0. The minimum absolute atomic E-state index is 0.207. The van der Waals surface area contributed by atoms with Gasteiger partial charge in [-0.3, -0.25) is 14.7 Å². The highest BCUT2D eigenvalue weighted by atomic mass is 16.1. The maximum atomic E-state index is 12.2. The van der Waals surface area contributed by atoms with Crippen LogP contribution >= 0.6 is 0 Å². The van der Waals surface area contributed by atoms with Crippen LogP contribution in [-0.4, -0.2) is 58.2 Å². The Morgan fingerprint density at radius 2 is 1.73 bits per heavy atom. The first-order valence-corrected chi connectivity index (χ1v) is 9.05. The van der Waals surface area contributed by atoms with Gasteiger partial charge in [0.1, 0.15) is 5.69 Å². The number of hydrogen-bond donors (Lipinski definition) is 2. The quantitative estimate of drug-likeness (QED) is 0.872. The summed E-state index contributed by atoms with van der Waals surface area (Å²) < 4.78 is 0.